The van der Waals surface area contributed by atoms with E-state index < -0.39 is 0 Å². The first-order valence-electron chi connectivity index (χ1n) is 7.79. The van der Waals surface area contributed by atoms with Gasteiger partial charge < -0.3 is 10.1 Å². The lowest BCUT2D eigenvalue weighted by Gasteiger charge is -2.12. The van der Waals surface area contributed by atoms with Crippen molar-refractivity contribution in [2.75, 3.05) is 24.7 Å². The van der Waals surface area contributed by atoms with Gasteiger partial charge >= 0.3 is 0 Å². The van der Waals surface area contributed by atoms with Crippen LogP contribution in [0.5, 0.6) is 5.75 Å². The van der Waals surface area contributed by atoms with E-state index in [0.717, 1.165) is 31.7 Å². The van der Waals surface area contributed by atoms with Crippen molar-refractivity contribution < 1.29 is 4.74 Å². The van der Waals surface area contributed by atoms with E-state index in [1.54, 1.807) is 0 Å². The highest BCUT2D eigenvalue weighted by molar-refractivity contribution is 7.99. The quantitative estimate of drug-likeness (QED) is 0.620. The first-order valence-corrected chi connectivity index (χ1v) is 8.94. The lowest BCUT2D eigenvalue weighted by atomic mass is 10.1. The summed E-state index contributed by atoms with van der Waals surface area (Å²) in [5.74, 6) is 3.38. The van der Waals surface area contributed by atoms with E-state index in [1.165, 1.54) is 23.5 Å². The largest absolute Gasteiger partial charge is 0.494 e. The second-order valence-electron chi connectivity index (χ2n) is 5.04. The third kappa shape index (κ3) is 7.81. The topological polar surface area (TPSA) is 21.3 Å². The van der Waals surface area contributed by atoms with Gasteiger partial charge in [-0.1, -0.05) is 26.0 Å². The van der Waals surface area contributed by atoms with Crippen molar-refractivity contribution in [1.29, 1.82) is 0 Å². The van der Waals surface area contributed by atoms with Gasteiger partial charge in [0.05, 0.1) is 6.61 Å². The number of ether oxygens (including phenoxy) is 1. The minimum atomic E-state index is 0.590. The summed E-state index contributed by atoms with van der Waals surface area (Å²) in [6.45, 7) is 8.46. The Morgan fingerprint density at radius 1 is 1.20 bits per heavy atom. The standard InChI is InChI=1S/C17H29NOS/c1-4-18-15(3)7-8-16-9-11-17(12-10-16)19-13-6-14-20-5-2/h9-12,15,18H,4-8,13-14H2,1-3H3. The highest BCUT2D eigenvalue weighted by atomic mass is 32.2. The van der Waals surface area contributed by atoms with Crippen LogP contribution >= 0.6 is 11.8 Å². The highest BCUT2D eigenvalue weighted by Crippen LogP contribution is 2.14. The summed E-state index contributed by atoms with van der Waals surface area (Å²) >= 11 is 1.97. The number of rotatable bonds is 11. The van der Waals surface area contributed by atoms with E-state index in [0.29, 0.717) is 6.04 Å². The van der Waals surface area contributed by atoms with Crippen LogP contribution in [0.15, 0.2) is 24.3 Å². The van der Waals surface area contributed by atoms with Crippen LogP contribution in [0.25, 0.3) is 0 Å². The Morgan fingerprint density at radius 3 is 2.60 bits per heavy atom. The Hall–Kier alpha value is -0.670. The molecule has 1 aromatic rings. The minimum absolute atomic E-state index is 0.590. The second kappa shape index (κ2) is 11.0. The van der Waals surface area contributed by atoms with E-state index >= 15 is 0 Å². The molecular weight excluding hydrogens is 266 g/mol. The molecule has 0 aliphatic carbocycles. The second-order valence-corrected chi connectivity index (χ2v) is 6.43. The average Bonchev–Trinajstić information content (AvgIpc) is 2.46. The molecule has 0 saturated carbocycles. The summed E-state index contributed by atoms with van der Waals surface area (Å²) in [6.07, 6.45) is 3.43. The van der Waals surface area contributed by atoms with Crippen molar-refractivity contribution in [3.05, 3.63) is 29.8 Å². The fourth-order valence-corrected chi connectivity index (χ4v) is 2.69. The maximum absolute atomic E-state index is 5.75. The molecule has 0 fully saturated rings. The predicted molar refractivity (Wildman–Crippen MR) is 91.0 cm³/mol. The average molecular weight is 295 g/mol. The highest BCUT2D eigenvalue weighted by Gasteiger charge is 2.01. The number of hydrogen-bond donors (Lipinski definition) is 1. The molecular formula is C17H29NOS. The Kier molecular flexibility index (Phi) is 9.60. The molecule has 0 aliphatic heterocycles. The zero-order valence-electron chi connectivity index (χ0n) is 13.2. The van der Waals surface area contributed by atoms with Crippen LogP contribution in [-0.4, -0.2) is 30.7 Å². The summed E-state index contributed by atoms with van der Waals surface area (Å²) < 4.78 is 5.75. The summed E-state index contributed by atoms with van der Waals surface area (Å²) in [5.41, 5.74) is 1.39. The lowest BCUT2D eigenvalue weighted by Crippen LogP contribution is -2.25. The minimum Gasteiger partial charge on any atom is -0.494 e. The zero-order valence-corrected chi connectivity index (χ0v) is 14.0. The summed E-state index contributed by atoms with van der Waals surface area (Å²) in [5, 5.41) is 3.45. The van der Waals surface area contributed by atoms with E-state index in [2.05, 4.69) is 50.4 Å². The van der Waals surface area contributed by atoms with Crippen molar-refractivity contribution in [2.45, 2.75) is 46.1 Å². The maximum Gasteiger partial charge on any atom is 0.119 e. The molecule has 0 amide bonds. The fraction of sp³-hybridized carbons (Fsp3) is 0.647. The van der Waals surface area contributed by atoms with Crippen LogP contribution in [0, 0.1) is 0 Å². The molecule has 2 nitrogen and oxygen atoms in total. The maximum atomic E-state index is 5.75. The van der Waals surface area contributed by atoms with E-state index in [-0.39, 0.29) is 0 Å². The van der Waals surface area contributed by atoms with Gasteiger partial charge in [-0.25, -0.2) is 0 Å². The molecule has 3 heteroatoms. The first kappa shape index (κ1) is 17.4. The van der Waals surface area contributed by atoms with E-state index in [4.69, 9.17) is 4.74 Å². The van der Waals surface area contributed by atoms with Gasteiger partial charge in [0, 0.05) is 6.04 Å². The van der Waals surface area contributed by atoms with Crippen molar-refractivity contribution >= 4 is 11.8 Å². The molecule has 1 atom stereocenters. The fourth-order valence-electron chi connectivity index (χ4n) is 2.08. The summed E-state index contributed by atoms with van der Waals surface area (Å²) in [7, 11) is 0. The molecule has 0 heterocycles. The number of aryl methyl sites for hydroxylation is 1. The Bertz CT molecular complexity index is 339. The van der Waals surface area contributed by atoms with Crippen LogP contribution in [-0.2, 0) is 6.42 Å². The molecule has 0 aromatic heterocycles. The Balaban J connectivity index is 2.22. The van der Waals surface area contributed by atoms with Gasteiger partial charge in [0.15, 0.2) is 0 Å². The van der Waals surface area contributed by atoms with Gasteiger partial charge in [0.25, 0.3) is 0 Å². The van der Waals surface area contributed by atoms with E-state index in [9.17, 15) is 0 Å². The molecule has 0 radical (unpaired) electrons. The summed E-state index contributed by atoms with van der Waals surface area (Å²) in [4.78, 5) is 0. The molecule has 1 unspecified atom stereocenters. The number of benzene rings is 1. The van der Waals surface area contributed by atoms with Gasteiger partial charge in [-0.2, -0.15) is 11.8 Å². The molecule has 0 saturated heterocycles. The van der Waals surface area contributed by atoms with Gasteiger partial charge in [-0.3, -0.25) is 0 Å². The van der Waals surface area contributed by atoms with Crippen LogP contribution in [0.4, 0.5) is 0 Å². The predicted octanol–water partition coefficient (Wildman–Crippen LogP) is 4.14. The Morgan fingerprint density at radius 2 is 1.95 bits per heavy atom. The molecule has 20 heavy (non-hydrogen) atoms. The third-order valence-corrected chi connectivity index (χ3v) is 4.23. The number of thioether (sulfide) groups is 1. The first-order chi connectivity index (χ1) is 9.76. The monoisotopic (exact) mass is 295 g/mol. The van der Waals surface area contributed by atoms with Gasteiger partial charge in [0.1, 0.15) is 5.75 Å². The van der Waals surface area contributed by atoms with Crippen LogP contribution < -0.4 is 10.1 Å². The van der Waals surface area contributed by atoms with Crippen molar-refractivity contribution in [1.82, 2.24) is 5.32 Å². The van der Waals surface area contributed by atoms with Crippen molar-refractivity contribution in [2.24, 2.45) is 0 Å². The normalized spacial score (nSPS) is 12.3. The zero-order chi connectivity index (χ0) is 14.6. The smallest absolute Gasteiger partial charge is 0.119 e. The molecule has 0 spiro atoms. The molecule has 1 N–H and O–H groups in total. The molecule has 0 aliphatic rings. The van der Waals surface area contributed by atoms with Gasteiger partial charge in [-0.15, -0.1) is 0 Å². The van der Waals surface area contributed by atoms with Crippen LogP contribution in [0.1, 0.15) is 39.2 Å². The SMILES string of the molecule is CCNC(C)CCc1ccc(OCCCSCC)cc1. The van der Waals surface area contributed by atoms with Crippen LogP contribution in [0.3, 0.4) is 0 Å². The summed E-state index contributed by atoms with van der Waals surface area (Å²) in [6, 6.07) is 9.16. The van der Waals surface area contributed by atoms with Crippen LogP contribution in [0.2, 0.25) is 0 Å². The van der Waals surface area contributed by atoms with Gasteiger partial charge in [-0.05, 0) is 61.9 Å². The number of hydrogen-bond acceptors (Lipinski definition) is 3. The lowest BCUT2D eigenvalue weighted by molar-refractivity contribution is 0.318. The number of nitrogens with one attached hydrogen (secondary N) is 1. The molecule has 1 rings (SSSR count). The van der Waals surface area contributed by atoms with Crippen molar-refractivity contribution in [3.63, 3.8) is 0 Å². The van der Waals surface area contributed by atoms with E-state index in [1.807, 2.05) is 11.8 Å². The van der Waals surface area contributed by atoms with Crippen molar-refractivity contribution in [3.8, 4) is 5.75 Å². The van der Waals surface area contributed by atoms with Gasteiger partial charge in [0.2, 0.25) is 0 Å². The Labute approximate surface area is 128 Å². The third-order valence-electron chi connectivity index (χ3n) is 3.25. The molecule has 0 bridgehead atoms. The molecule has 1 aromatic carbocycles. The molecule has 114 valence electrons.